The van der Waals surface area contributed by atoms with E-state index in [2.05, 4.69) is 4.98 Å². The molecule has 0 radical (unpaired) electrons. The Kier molecular flexibility index (Phi) is 4.63. The second-order valence-corrected chi connectivity index (χ2v) is 6.81. The van der Waals surface area contributed by atoms with E-state index in [1.165, 1.54) is 23.4 Å². The van der Waals surface area contributed by atoms with Crippen LogP contribution in [0.5, 0.6) is 0 Å². The van der Waals surface area contributed by atoms with Crippen molar-refractivity contribution < 1.29 is 4.79 Å². The number of benzene rings is 1. The highest BCUT2D eigenvalue weighted by molar-refractivity contribution is 7.99. The van der Waals surface area contributed by atoms with Crippen LogP contribution in [-0.2, 0) is 20.6 Å². The minimum absolute atomic E-state index is 0.00368. The first kappa shape index (κ1) is 17.2. The second-order valence-electron chi connectivity index (χ2n) is 5.58. The summed E-state index contributed by atoms with van der Waals surface area (Å²) in [6.07, 6.45) is 0. The fourth-order valence-corrected chi connectivity index (χ4v) is 3.39. The highest BCUT2D eigenvalue weighted by Crippen LogP contribution is 2.21. The van der Waals surface area contributed by atoms with E-state index in [9.17, 15) is 14.4 Å². The van der Waals surface area contributed by atoms with Crippen LogP contribution in [0.4, 0.5) is 0 Å². The third-order valence-corrected chi connectivity index (χ3v) is 4.84. The molecule has 0 saturated heterocycles. The van der Waals surface area contributed by atoms with Gasteiger partial charge in [0.15, 0.2) is 22.1 Å². The molecule has 3 rings (SSSR count). The van der Waals surface area contributed by atoms with Crippen LogP contribution < -0.4 is 11.2 Å². The molecule has 7 nitrogen and oxygen atoms in total. The molecule has 3 aromatic rings. The van der Waals surface area contributed by atoms with Gasteiger partial charge in [-0.15, -0.1) is 0 Å². The Balaban J connectivity index is 2.22. The average Bonchev–Trinajstić information content (AvgIpc) is 2.97. The lowest BCUT2D eigenvalue weighted by Gasteiger charge is -2.08. The van der Waals surface area contributed by atoms with E-state index in [4.69, 9.17) is 0 Å². The van der Waals surface area contributed by atoms with Crippen LogP contribution in [0, 0.1) is 0 Å². The number of imidazole rings is 1. The first-order valence-corrected chi connectivity index (χ1v) is 8.81. The number of hydrogen-bond acceptors (Lipinski definition) is 5. The standard InChI is InChI=1S/C17H18N4O3S/c1-4-25-16-18-14-13(15(23)20(3)17(24)19(14)2)21(16)10-12(22)11-8-6-5-7-9-11/h5-9H,4,10H2,1-3H3. The molecule has 2 aromatic heterocycles. The number of thioether (sulfide) groups is 1. The summed E-state index contributed by atoms with van der Waals surface area (Å²) < 4.78 is 3.98. The molecule has 0 unspecified atom stereocenters. The first-order valence-electron chi connectivity index (χ1n) is 7.83. The summed E-state index contributed by atoms with van der Waals surface area (Å²) in [6, 6.07) is 8.91. The molecule has 0 atom stereocenters. The van der Waals surface area contributed by atoms with Gasteiger partial charge in [-0.3, -0.25) is 18.7 Å². The predicted octanol–water partition coefficient (Wildman–Crippen LogP) is 1.43. The van der Waals surface area contributed by atoms with Crippen LogP contribution in [0.15, 0.2) is 45.1 Å². The van der Waals surface area contributed by atoms with Gasteiger partial charge in [-0.1, -0.05) is 49.0 Å². The van der Waals surface area contributed by atoms with Crippen LogP contribution in [0.25, 0.3) is 11.2 Å². The zero-order valence-electron chi connectivity index (χ0n) is 14.2. The summed E-state index contributed by atoms with van der Waals surface area (Å²) in [4.78, 5) is 41.8. The van der Waals surface area contributed by atoms with Gasteiger partial charge in [0.05, 0.1) is 6.54 Å². The second kappa shape index (κ2) is 6.72. The van der Waals surface area contributed by atoms with E-state index in [0.717, 1.165) is 10.3 Å². The molecule has 0 N–H and O–H groups in total. The molecule has 2 heterocycles. The Labute approximate surface area is 147 Å². The van der Waals surface area contributed by atoms with E-state index in [1.54, 1.807) is 35.9 Å². The zero-order valence-corrected chi connectivity index (χ0v) is 15.0. The fraction of sp³-hybridized carbons (Fsp3) is 0.294. The lowest BCUT2D eigenvalue weighted by molar-refractivity contribution is 0.0970. The van der Waals surface area contributed by atoms with Gasteiger partial charge in [0, 0.05) is 19.7 Å². The van der Waals surface area contributed by atoms with E-state index < -0.39 is 11.2 Å². The van der Waals surface area contributed by atoms with Crippen molar-refractivity contribution in [2.45, 2.75) is 18.6 Å². The van der Waals surface area contributed by atoms with Crippen molar-refractivity contribution in [1.82, 2.24) is 18.7 Å². The molecule has 0 bridgehead atoms. The van der Waals surface area contributed by atoms with Crippen molar-refractivity contribution in [1.29, 1.82) is 0 Å². The molecule has 0 saturated carbocycles. The topological polar surface area (TPSA) is 78.9 Å². The number of ketones is 1. The van der Waals surface area contributed by atoms with Gasteiger partial charge >= 0.3 is 5.69 Å². The number of nitrogens with zero attached hydrogens (tertiary/aromatic N) is 4. The first-order chi connectivity index (χ1) is 12.0. The molecule has 1 aromatic carbocycles. The van der Waals surface area contributed by atoms with Crippen LogP contribution >= 0.6 is 11.8 Å². The third kappa shape index (κ3) is 2.93. The Morgan fingerprint density at radius 1 is 1.12 bits per heavy atom. The number of aryl methyl sites for hydroxylation is 1. The van der Waals surface area contributed by atoms with Gasteiger partial charge in [-0.25, -0.2) is 9.78 Å². The van der Waals surface area contributed by atoms with Gasteiger partial charge in [0.25, 0.3) is 5.56 Å². The van der Waals surface area contributed by atoms with Gasteiger partial charge in [0.1, 0.15) is 0 Å². The monoisotopic (exact) mass is 358 g/mol. The maximum absolute atomic E-state index is 12.6. The predicted molar refractivity (Wildman–Crippen MR) is 97.4 cm³/mol. The van der Waals surface area contributed by atoms with Gasteiger partial charge in [-0.2, -0.15) is 0 Å². The average molecular weight is 358 g/mol. The molecule has 0 fully saturated rings. The number of carbonyl (C=O) groups excluding carboxylic acids is 1. The minimum Gasteiger partial charge on any atom is -0.305 e. The summed E-state index contributed by atoms with van der Waals surface area (Å²) in [7, 11) is 2.99. The summed E-state index contributed by atoms with van der Waals surface area (Å²) in [6.45, 7) is 1.96. The summed E-state index contributed by atoms with van der Waals surface area (Å²) >= 11 is 1.43. The largest absolute Gasteiger partial charge is 0.332 e. The molecule has 0 aliphatic carbocycles. The maximum atomic E-state index is 12.6. The highest BCUT2D eigenvalue weighted by Gasteiger charge is 2.21. The summed E-state index contributed by atoms with van der Waals surface area (Å²) in [5.41, 5.74) is 0.243. The van der Waals surface area contributed by atoms with Gasteiger partial charge < -0.3 is 4.57 Å². The number of hydrogen-bond donors (Lipinski definition) is 0. The van der Waals surface area contributed by atoms with E-state index >= 15 is 0 Å². The lowest BCUT2D eigenvalue weighted by Crippen LogP contribution is -2.37. The van der Waals surface area contributed by atoms with Crippen LogP contribution in [0.3, 0.4) is 0 Å². The molecule has 0 aliphatic rings. The maximum Gasteiger partial charge on any atom is 0.332 e. The highest BCUT2D eigenvalue weighted by atomic mass is 32.2. The summed E-state index contributed by atoms with van der Waals surface area (Å²) in [5.74, 6) is 0.616. The molecule has 0 aliphatic heterocycles. The smallest absolute Gasteiger partial charge is 0.305 e. The van der Waals surface area contributed by atoms with Crippen molar-refractivity contribution in [3.05, 3.63) is 56.7 Å². The van der Waals surface area contributed by atoms with Crippen LogP contribution in [0.2, 0.25) is 0 Å². The fourth-order valence-electron chi connectivity index (χ4n) is 2.67. The third-order valence-electron chi connectivity index (χ3n) is 3.98. The van der Waals surface area contributed by atoms with E-state index in [0.29, 0.717) is 16.4 Å². The SMILES string of the molecule is CCSc1nc2c(c(=O)n(C)c(=O)n2C)n1CC(=O)c1ccccc1. The van der Waals surface area contributed by atoms with E-state index in [-0.39, 0.29) is 17.8 Å². The van der Waals surface area contributed by atoms with E-state index in [1.807, 2.05) is 13.0 Å². The number of fused-ring (bicyclic) bond motifs is 1. The minimum atomic E-state index is -0.450. The molecule has 0 spiro atoms. The Hall–Kier alpha value is -2.61. The van der Waals surface area contributed by atoms with Crippen LogP contribution in [-0.4, -0.2) is 30.2 Å². The Morgan fingerprint density at radius 3 is 2.44 bits per heavy atom. The Bertz CT molecular complexity index is 1060. The molecular weight excluding hydrogens is 340 g/mol. The molecular formula is C17H18N4O3S. The number of carbonyl (C=O) groups is 1. The van der Waals surface area contributed by atoms with Crippen molar-refractivity contribution >= 4 is 28.7 Å². The normalized spacial score (nSPS) is 11.2. The zero-order chi connectivity index (χ0) is 18.1. The molecule has 130 valence electrons. The molecule has 0 amide bonds. The molecule has 25 heavy (non-hydrogen) atoms. The quantitative estimate of drug-likeness (QED) is 0.509. The number of aromatic nitrogens is 4. The lowest BCUT2D eigenvalue weighted by atomic mass is 10.1. The van der Waals surface area contributed by atoms with Gasteiger partial charge in [-0.05, 0) is 5.75 Å². The molecule has 8 heteroatoms. The van der Waals surface area contributed by atoms with Crippen molar-refractivity contribution in [2.75, 3.05) is 5.75 Å². The Morgan fingerprint density at radius 2 is 1.80 bits per heavy atom. The van der Waals surface area contributed by atoms with Crippen LogP contribution in [0.1, 0.15) is 17.3 Å². The van der Waals surface area contributed by atoms with Crippen molar-refractivity contribution in [2.24, 2.45) is 14.1 Å². The van der Waals surface area contributed by atoms with Crippen molar-refractivity contribution in [3.63, 3.8) is 0 Å². The number of rotatable bonds is 5. The number of Topliss-reactive ketones (excluding diaryl/α,β-unsaturated/α-hetero) is 1. The van der Waals surface area contributed by atoms with Gasteiger partial charge in [0.2, 0.25) is 0 Å². The van der Waals surface area contributed by atoms with Crippen molar-refractivity contribution in [3.8, 4) is 0 Å². The summed E-state index contributed by atoms with van der Waals surface area (Å²) in [5, 5.41) is 0.556.